The van der Waals surface area contributed by atoms with Gasteiger partial charge in [-0.2, -0.15) is 0 Å². The van der Waals surface area contributed by atoms with Crippen LogP contribution >= 0.6 is 27.3 Å². The first-order valence-corrected chi connectivity index (χ1v) is 10.3. The second kappa shape index (κ2) is 6.34. The van der Waals surface area contributed by atoms with Gasteiger partial charge >= 0.3 is 0 Å². The second-order valence-electron chi connectivity index (χ2n) is 6.75. The van der Waals surface area contributed by atoms with Crippen molar-refractivity contribution >= 4 is 38.7 Å². The number of thiophene rings is 1. The zero-order valence-corrected chi connectivity index (χ0v) is 16.2. The Morgan fingerprint density at radius 2 is 1.96 bits per heavy atom. The van der Waals surface area contributed by atoms with Crippen molar-refractivity contribution in [2.45, 2.75) is 25.3 Å². The van der Waals surface area contributed by atoms with Crippen LogP contribution in [0.3, 0.4) is 0 Å². The number of nitrogens with zero attached hydrogens (tertiary/aromatic N) is 6. The van der Waals surface area contributed by atoms with Gasteiger partial charge in [-0.05, 0) is 40.9 Å². The van der Waals surface area contributed by atoms with Crippen molar-refractivity contribution in [3.05, 3.63) is 39.0 Å². The van der Waals surface area contributed by atoms with E-state index in [1.807, 2.05) is 23.7 Å². The molecule has 8 heteroatoms. The maximum atomic E-state index is 4.62. The van der Waals surface area contributed by atoms with E-state index in [0.29, 0.717) is 5.92 Å². The maximum Gasteiger partial charge on any atom is 0.203 e. The molecule has 3 aromatic heterocycles. The fraction of sp³-hybridized carbons (Fsp3) is 0.471. The third-order valence-corrected chi connectivity index (χ3v) is 6.57. The average Bonchev–Trinajstić information content (AvgIpc) is 3.25. The third-order valence-electron chi connectivity index (χ3n) is 4.96. The fourth-order valence-electron chi connectivity index (χ4n) is 3.45. The van der Waals surface area contributed by atoms with Crippen LogP contribution in [-0.4, -0.2) is 50.7 Å². The Morgan fingerprint density at radius 1 is 1.12 bits per heavy atom. The Bertz CT molecular complexity index is 894. The van der Waals surface area contributed by atoms with Crippen molar-refractivity contribution in [1.29, 1.82) is 0 Å². The Kier molecular flexibility index (Phi) is 3.98. The van der Waals surface area contributed by atoms with Crippen LogP contribution in [0.4, 0.5) is 5.82 Å². The third kappa shape index (κ3) is 3.07. The first kappa shape index (κ1) is 15.7. The summed E-state index contributed by atoms with van der Waals surface area (Å²) in [5.74, 6) is 2.66. The lowest BCUT2D eigenvalue weighted by atomic mass is 10.3. The van der Waals surface area contributed by atoms with Crippen LogP contribution in [0.1, 0.15) is 29.5 Å². The molecule has 0 N–H and O–H groups in total. The summed E-state index contributed by atoms with van der Waals surface area (Å²) in [6, 6.07) is 4.34. The number of hydrogen-bond donors (Lipinski definition) is 0. The maximum absolute atomic E-state index is 4.62. The smallest absolute Gasteiger partial charge is 0.203 e. The highest BCUT2D eigenvalue weighted by molar-refractivity contribution is 9.11. The molecule has 130 valence electrons. The molecule has 0 bridgehead atoms. The van der Waals surface area contributed by atoms with E-state index in [0.717, 1.165) is 50.0 Å². The molecule has 0 spiro atoms. The van der Waals surface area contributed by atoms with E-state index in [9.17, 15) is 0 Å². The summed E-state index contributed by atoms with van der Waals surface area (Å²) in [5.41, 5.74) is 0.903. The molecule has 5 rings (SSSR count). The van der Waals surface area contributed by atoms with E-state index < -0.39 is 0 Å². The van der Waals surface area contributed by atoms with Gasteiger partial charge in [-0.1, -0.05) is 0 Å². The molecule has 2 fully saturated rings. The topological polar surface area (TPSA) is 49.6 Å². The highest BCUT2D eigenvalue weighted by Crippen LogP contribution is 2.39. The number of fused-ring (bicyclic) bond motifs is 1. The minimum absolute atomic E-state index is 0.590. The molecule has 0 atom stereocenters. The van der Waals surface area contributed by atoms with Gasteiger partial charge in [-0.3, -0.25) is 9.30 Å². The van der Waals surface area contributed by atoms with Crippen molar-refractivity contribution in [2.75, 3.05) is 31.1 Å². The van der Waals surface area contributed by atoms with E-state index in [1.54, 1.807) is 0 Å². The van der Waals surface area contributed by atoms with Crippen molar-refractivity contribution in [3.63, 3.8) is 0 Å². The fourth-order valence-corrected chi connectivity index (χ4v) is 4.97. The van der Waals surface area contributed by atoms with E-state index in [4.69, 9.17) is 0 Å². The molecular weight excluding hydrogens is 400 g/mol. The first-order chi connectivity index (χ1) is 12.3. The van der Waals surface area contributed by atoms with Gasteiger partial charge in [0.15, 0.2) is 5.82 Å². The van der Waals surface area contributed by atoms with Gasteiger partial charge in [0.2, 0.25) is 5.65 Å². The molecule has 3 aromatic rings. The SMILES string of the molecule is Brc1ccc(CN2CCN(c3nccn4c(C5CC5)nnc34)CC2)s1. The van der Waals surface area contributed by atoms with Crippen molar-refractivity contribution in [3.8, 4) is 0 Å². The normalized spacial score (nSPS) is 19.0. The number of halogens is 1. The molecule has 0 unspecified atom stereocenters. The predicted molar refractivity (Wildman–Crippen MR) is 102 cm³/mol. The summed E-state index contributed by atoms with van der Waals surface area (Å²) >= 11 is 5.36. The molecule has 1 aliphatic carbocycles. The van der Waals surface area contributed by atoms with Crippen molar-refractivity contribution in [2.24, 2.45) is 0 Å². The van der Waals surface area contributed by atoms with Gasteiger partial charge in [-0.15, -0.1) is 21.5 Å². The summed E-state index contributed by atoms with van der Waals surface area (Å²) in [6.07, 6.45) is 6.34. The van der Waals surface area contributed by atoms with E-state index in [-0.39, 0.29) is 0 Å². The van der Waals surface area contributed by atoms with E-state index in [1.165, 1.54) is 21.5 Å². The van der Waals surface area contributed by atoms with Crippen LogP contribution in [0, 0.1) is 0 Å². The Labute approximate surface area is 158 Å². The van der Waals surface area contributed by atoms with Crippen LogP contribution < -0.4 is 4.90 Å². The molecule has 1 saturated carbocycles. The molecule has 4 heterocycles. The van der Waals surface area contributed by atoms with Crippen LogP contribution in [0.5, 0.6) is 0 Å². The van der Waals surface area contributed by atoms with Crippen LogP contribution in [0.15, 0.2) is 28.3 Å². The Balaban J connectivity index is 1.31. The Morgan fingerprint density at radius 3 is 2.68 bits per heavy atom. The molecule has 0 amide bonds. The lowest BCUT2D eigenvalue weighted by Gasteiger charge is -2.35. The summed E-state index contributed by atoms with van der Waals surface area (Å²) in [6.45, 7) is 5.07. The lowest BCUT2D eigenvalue weighted by Crippen LogP contribution is -2.46. The molecule has 6 nitrogen and oxygen atoms in total. The summed E-state index contributed by atoms with van der Waals surface area (Å²) in [7, 11) is 0. The molecule has 0 aromatic carbocycles. The lowest BCUT2D eigenvalue weighted by molar-refractivity contribution is 0.251. The minimum Gasteiger partial charge on any atom is -0.351 e. The van der Waals surface area contributed by atoms with Gasteiger partial charge < -0.3 is 4.90 Å². The van der Waals surface area contributed by atoms with Crippen LogP contribution in [-0.2, 0) is 6.54 Å². The summed E-state index contributed by atoms with van der Waals surface area (Å²) in [5, 5.41) is 8.85. The summed E-state index contributed by atoms with van der Waals surface area (Å²) in [4.78, 5) is 10.9. The number of piperazine rings is 1. The summed E-state index contributed by atoms with van der Waals surface area (Å²) < 4.78 is 3.34. The number of rotatable bonds is 4. The molecule has 1 aliphatic heterocycles. The Hall–Kier alpha value is -1.51. The first-order valence-electron chi connectivity index (χ1n) is 8.69. The molecule has 2 aliphatic rings. The van der Waals surface area contributed by atoms with Gasteiger partial charge in [0.1, 0.15) is 5.82 Å². The van der Waals surface area contributed by atoms with Crippen molar-refractivity contribution < 1.29 is 0 Å². The number of hydrogen-bond acceptors (Lipinski definition) is 6. The highest BCUT2D eigenvalue weighted by atomic mass is 79.9. The monoisotopic (exact) mass is 418 g/mol. The standard InChI is InChI=1S/C17H19BrN6S/c18-14-4-3-13(25-14)11-22-7-9-23(10-8-22)16-17-21-20-15(12-1-2-12)24(17)6-5-19-16/h3-6,12H,1-2,7-11H2. The van der Waals surface area contributed by atoms with Crippen molar-refractivity contribution in [1.82, 2.24) is 24.5 Å². The van der Waals surface area contributed by atoms with Gasteiger partial charge in [0, 0.05) is 55.9 Å². The van der Waals surface area contributed by atoms with Gasteiger partial charge in [0.25, 0.3) is 0 Å². The van der Waals surface area contributed by atoms with E-state index >= 15 is 0 Å². The molecule has 1 saturated heterocycles. The minimum atomic E-state index is 0.590. The van der Waals surface area contributed by atoms with E-state index in [2.05, 4.69) is 57.4 Å². The predicted octanol–water partition coefficient (Wildman–Crippen LogP) is 3.15. The van der Waals surface area contributed by atoms with Crippen LogP contribution in [0.2, 0.25) is 0 Å². The van der Waals surface area contributed by atoms with Gasteiger partial charge in [0.05, 0.1) is 3.79 Å². The quantitative estimate of drug-likeness (QED) is 0.651. The molecule has 0 radical (unpaired) electrons. The highest BCUT2D eigenvalue weighted by Gasteiger charge is 2.30. The number of anilines is 1. The molecule has 25 heavy (non-hydrogen) atoms. The zero-order valence-electron chi connectivity index (χ0n) is 13.8. The average molecular weight is 419 g/mol. The molecular formula is C17H19BrN6S. The number of aromatic nitrogens is 4. The van der Waals surface area contributed by atoms with Crippen LogP contribution in [0.25, 0.3) is 5.65 Å². The second-order valence-corrected chi connectivity index (χ2v) is 9.29. The van der Waals surface area contributed by atoms with Gasteiger partial charge in [-0.25, -0.2) is 4.98 Å². The largest absolute Gasteiger partial charge is 0.351 e. The zero-order chi connectivity index (χ0) is 16.8.